The topological polar surface area (TPSA) is 126 Å². The van der Waals surface area contributed by atoms with E-state index in [4.69, 9.17) is 8.94 Å². The Bertz CT molecular complexity index is 839. The maximum atomic E-state index is 11.7. The number of aromatic nitrogens is 3. The van der Waals surface area contributed by atoms with E-state index < -0.39 is 5.91 Å². The normalized spacial score (nSPS) is 10.5. The molecule has 9 nitrogen and oxygen atoms in total. The summed E-state index contributed by atoms with van der Waals surface area (Å²) in [7, 11) is 0. The number of carbonyl (C=O) groups excluding carboxylic acids is 2. The second-order valence-electron chi connectivity index (χ2n) is 4.72. The molecule has 0 saturated carbocycles. The van der Waals surface area contributed by atoms with Gasteiger partial charge in [-0.1, -0.05) is 5.16 Å². The van der Waals surface area contributed by atoms with E-state index in [1.807, 2.05) is 0 Å². The largest absolute Gasteiger partial charge is 0.461 e. The molecule has 124 valence electrons. The molecular weight excluding hydrogens is 382 g/mol. The van der Waals surface area contributed by atoms with Crippen LogP contribution in [0.5, 0.6) is 0 Å². The first-order chi connectivity index (χ1) is 11.6. The molecule has 10 heteroatoms. The van der Waals surface area contributed by atoms with Crippen molar-refractivity contribution in [1.82, 2.24) is 26.0 Å². The molecular formula is C14H12BrN5O4. The standard InChI is InChI=1S/C14H12BrN5O4/c15-8-6-9(16-7-8)14(22)19-18-11(21)3-4-12-17-13(20-24-12)10-2-1-5-23-10/h1-2,5-7,16H,3-4H2,(H,18,21)(H,19,22). The molecule has 0 aliphatic rings. The molecule has 0 atom stereocenters. The number of rotatable bonds is 5. The van der Waals surface area contributed by atoms with Gasteiger partial charge in [0.2, 0.25) is 17.6 Å². The van der Waals surface area contributed by atoms with E-state index in [-0.39, 0.29) is 18.7 Å². The van der Waals surface area contributed by atoms with Crippen LogP contribution in [0.1, 0.15) is 22.8 Å². The quantitative estimate of drug-likeness (QED) is 0.567. The van der Waals surface area contributed by atoms with Crippen LogP contribution in [0.4, 0.5) is 0 Å². The van der Waals surface area contributed by atoms with Gasteiger partial charge < -0.3 is 13.9 Å². The van der Waals surface area contributed by atoms with Gasteiger partial charge in [0, 0.05) is 23.5 Å². The maximum absolute atomic E-state index is 11.7. The molecule has 2 amide bonds. The van der Waals surface area contributed by atoms with Crippen LogP contribution in [0, 0.1) is 0 Å². The highest BCUT2D eigenvalue weighted by Gasteiger charge is 2.13. The van der Waals surface area contributed by atoms with Crippen LogP contribution in [0.3, 0.4) is 0 Å². The van der Waals surface area contributed by atoms with Gasteiger partial charge in [-0.05, 0) is 34.1 Å². The van der Waals surface area contributed by atoms with Crippen molar-refractivity contribution in [3.8, 4) is 11.6 Å². The summed E-state index contributed by atoms with van der Waals surface area (Å²) in [4.78, 5) is 30.4. The molecule has 3 aromatic rings. The number of amides is 2. The van der Waals surface area contributed by atoms with Crippen LogP contribution in [-0.4, -0.2) is 26.9 Å². The van der Waals surface area contributed by atoms with E-state index in [9.17, 15) is 9.59 Å². The fourth-order valence-corrected chi connectivity index (χ4v) is 2.18. The Labute approximate surface area is 143 Å². The summed E-state index contributed by atoms with van der Waals surface area (Å²) in [5.74, 6) is 0.273. The molecule has 24 heavy (non-hydrogen) atoms. The van der Waals surface area contributed by atoms with Gasteiger partial charge in [-0.15, -0.1) is 0 Å². The van der Waals surface area contributed by atoms with Crippen LogP contribution < -0.4 is 10.9 Å². The van der Waals surface area contributed by atoms with Crippen LogP contribution in [0.15, 0.2) is 44.1 Å². The highest BCUT2D eigenvalue weighted by atomic mass is 79.9. The van der Waals surface area contributed by atoms with Crippen LogP contribution in [0.25, 0.3) is 11.6 Å². The highest BCUT2D eigenvalue weighted by Crippen LogP contribution is 2.16. The Hall–Kier alpha value is -2.88. The third-order valence-electron chi connectivity index (χ3n) is 2.98. The molecule has 0 aromatic carbocycles. The molecule has 0 bridgehead atoms. The third-order valence-corrected chi connectivity index (χ3v) is 3.44. The fourth-order valence-electron chi connectivity index (χ4n) is 1.84. The molecule has 0 spiro atoms. The zero-order valence-electron chi connectivity index (χ0n) is 12.2. The van der Waals surface area contributed by atoms with Gasteiger partial charge in [-0.25, -0.2) is 0 Å². The first kappa shape index (κ1) is 16.0. The smallest absolute Gasteiger partial charge is 0.286 e. The number of halogens is 1. The van der Waals surface area contributed by atoms with Crippen molar-refractivity contribution < 1.29 is 18.5 Å². The van der Waals surface area contributed by atoms with Gasteiger partial charge in [-0.2, -0.15) is 4.98 Å². The molecule has 0 fully saturated rings. The predicted molar refractivity (Wildman–Crippen MR) is 84.4 cm³/mol. The lowest BCUT2D eigenvalue weighted by Crippen LogP contribution is -2.41. The zero-order chi connectivity index (χ0) is 16.9. The Kier molecular flexibility index (Phi) is 4.75. The second kappa shape index (κ2) is 7.13. The van der Waals surface area contributed by atoms with E-state index >= 15 is 0 Å². The van der Waals surface area contributed by atoms with Crippen molar-refractivity contribution in [2.45, 2.75) is 12.8 Å². The Balaban J connectivity index is 1.45. The van der Waals surface area contributed by atoms with Crippen molar-refractivity contribution in [2.24, 2.45) is 0 Å². The van der Waals surface area contributed by atoms with Gasteiger partial charge in [0.1, 0.15) is 5.69 Å². The average molecular weight is 394 g/mol. The van der Waals surface area contributed by atoms with Gasteiger partial charge >= 0.3 is 0 Å². The number of furan rings is 1. The molecule has 0 saturated heterocycles. The summed E-state index contributed by atoms with van der Waals surface area (Å²) in [6.07, 6.45) is 3.44. The van der Waals surface area contributed by atoms with Crippen molar-refractivity contribution in [3.63, 3.8) is 0 Å². The number of carbonyl (C=O) groups is 2. The first-order valence-electron chi connectivity index (χ1n) is 6.91. The van der Waals surface area contributed by atoms with E-state index in [0.717, 1.165) is 4.47 Å². The van der Waals surface area contributed by atoms with Crippen LogP contribution in [-0.2, 0) is 11.2 Å². The maximum Gasteiger partial charge on any atom is 0.286 e. The lowest BCUT2D eigenvalue weighted by atomic mass is 10.3. The summed E-state index contributed by atoms with van der Waals surface area (Å²) >= 11 is 3.22. The second-order valence-corrected chi connectivity index (χ2v) is 5.64. The lowest BCUT2D eigenvalue weighted by Gasteiger charge is -2.05. The summed E-state index contributed by atoms with van der Waals surface area (Å²) in [6.45, 7) is 0. The highest BCUT2D eigenvalue weighted by molar-refractivity contribution is 9.10. The molecule has 3 rings (SSSR count). The number of aromatic amines is 1. The monoisotopic (exact) mass is 393 g/mol. The minimum atomic E-state index is -0.452. The summed E-state index contributed by atoms with van der Waals surface area (Å²) in [5.41, 5.74) is 4.94. The van der Waals surface area contributed by atoms with Gasteiger partial charge in [-0.3, -0.25) is 20.4 Å². The molecule has 3 N–H and O–H groups in total. The predicted octanol–water partition coefficient (Wildman–Crippen LogP) is 1.81. The molecule has 3 heterocycles. The van der Waals surface area contributed by atoms with Crippen LogP contribution >= 0.6 is 15.9 Å². The van der Waals surface area contributed by atoms with Gasteiger partial charge in [0.25, 0.3) is 5.91 Å². The van der Waals surface area contributed by atoms with E-state index in [1.165, 1.54) is 6.26 Å². The minimum absolute atomic E-state index is 0.0779. The van der Waals surface area contributed by atoms with Crippen molar-refractivity contribution in [3.05, 3.63) is 46.7 Å². The van der Waals surface area contributed by atoms with E-state index in [2.05, 4.69) is 41.9 Å². The summed E-state index contributed by atoms with van der Waals surface area (Å²) in [5, 5.41) is 3.76. The number of aryl methyl sites for hydroxylation is 1. The van der Waals surface area contributed by atoms with Gasteiger partial charge in [0.15, 0.2) is 5.76 Å². The van der Waals surface area contributed by atoms with Gasteiger partial charge in [0.05, 0.1) is 6.26 Å². The lowest BCUT2D eigenvalue weighted by molar-refractivity contribution is -0.121. The Morgan fingerprint density at radius 2 is 2.21 bits per heavy atom. The first-order valence-corrected chi connectivity index (χ1v) is 7.70. The summed E-state index contributed by atoms with van der Waals surface area (Å²) < 4.78 is 10.9. The van der Waals surface area contributed by atoms with Crippen LogP contribution in [0.2, 0.25) is 0 Å². The summed E-state index contributed by atoms with van der Waals surface area (Å²) in [6, 6.07) is 5.01. The number of hydrogen-bond acceptors (Lipinski definition) is 6. The molecule has 0 unspecified atom stereocenters. The Morgan fingerprint density at radius 1 is 1.33 bits per heavy atom. The van der Waals surface area contributed by atoms with Crippen molar-refractivity contribution >= 4 is 27.7 Å². The molecule has 0 aliphatic heterocycles. The van der Waals surface area contributed by atoms with E-state index in [1.54, 1.807) is 24.4 Å². The van der Waals surface area contributed by atoms with Crippen molar-refractivity contribution in [1.29, 1.82) is 0 Å². The molecule has 3 aromatic heterocycles. The third kappa shape index (κ3) is 3.90. The Morgan fingerprint density at radius 3 is 2.92 bits per heavy atom. The van der Waals surface area contributed by atoms with E-state index in [0.29, 0.717) is 23.2 Å². The molecule has 0 aliphatic carbocycles. The number of nitrogens with zero attached hydrogens (tertiary/aromatic N) is 2. The molecule has 0 radical (unpaired) electrons. The number of H-pyrrole nitrogens is 1. The number of nitrogens with one attached hydrogen (secondary N) is 3. The number of hydrogen-bond donors (Lipinski definition) is 3. The minimum Gasteiger partial charge on any atom is -0.461 e. The zero-order valence-corrected chi connectivity index (χ0v) is 13.8. The SMILES string of the molecule is O=C(CCc1nc(-c2ccco2)no1)NNC(=O)c1cc(Br)c[nH]1. The number of hydrazine groups is 1. The average Bonchev–Trinajstić information content (AvgIpc) is 3.30. The fraction of sp³-hybridized carbons (Fsp3) is 0.143. The van der Waals surface area contributed by atoms with Crippen molar-refractivity contribution in [2.75, 3.05) is 0 Å².